The fraction of sp³-hybridized carbons (Fsp3) is 0.500. The van der Waals surface area contributed by atoms with E-state index in [9.17, 15) is 9.90 Å². The Morgan fingerprint density at radius 3 is 2.60 bits per heavy atom. The van der Waals surface area contributed by atoms with Crippen LogP contribution in [0.1, 0.15) is 50.4 Å². The van der Waals surface area contributed by atoms with Crippen LogP contribution < -0.4 is 5.43 Å². The van der Waals surface area contributed by atoms with Gasteiger partial charge in [0.15, 0.2) is 0 Å². The predicted molar refractivity (Wildman–Crippen MR) is 79.8 cm³/mol. The minimum atomic E-state index is -0.242. The van der Waals surface area contributed by atoms with Crippen molar-refractivity contribution in [2.75, 3.05) is 0 Å². The van der Waals surface area contributed by atoms with E-state index < -0.39 is 0 Å². The first-order valence-corrected chi connectivity index (χ1v) is 7.00. The summed E-state index contributed by atoms with van der Waals surface area (Å²) in [7, 11) is 0. The number of rotatable bonds is 2. The van der Waals surface area contributed by atoms with Crippen molar-refractivity contribution in [2.24, 2.45) is 16.4 Å². The molecule has 4 nitrogen and oxygen atoms in total. The molecule has 1 aromatic carbocycles. The van der Waals surface area contributed by atoms with Gasteiger partial charge in [-0.15, -0.1) is 0 Å². The van der Waals surface area contributed by atoms with Gasteiger partial charge in [-0.25, -0.2) is 5.43 Å². The molecule has 1 amide bonds. The molecule has 1 atom stereocenters. The van der Waals surface area contributed by atoms with Crippen LogP contribution in [0, 0.1) is 11.3 Å². The Kier molecular flexibility index (Phi) is 4.12. The molecule has 1 fully saturated rings. The van der Waals surface area contributed by atoms with Crippen LogP contribution in [-0.4, -0.2) is 16.7 Å². The van der Waals surface area contributed by atoms with Gasteiger partial charge in [0.2, 0.25) is 0 Å². The Morgan fingerprint density at radius 2 is 2.00 bits per heavy atom. The van der Waals surface area contributed by atoms with Crippen molar-refractivity contribution in [1.82, 2.24) is 5.43 Å². The molecule has 0 unspecified atom stereocenters. The van der Waals surface area contributed by atoms with Crippen LogP contribution in [0.5, 0.6) is 5.75 Å². The molecule has 4 heteroatoms. The highest BCUT2D eigenvalue weighted by atomic mass is 16.3. The van der Waals surface area contributed by atoms with Gasteiger partial charge in [-0.05, 0) is 54.9 Å². The molecular formula is C16H22N2O2. The van der Waals surface area contributed by atoms with Crippen molar-refractivity contribution in [3.8, 4) is 5.75 Å². The highest BCUT2D eigenvalue weighted by molar-refractivity contribution is 5.95. The smallest absolute Gasteiger partial charge is 0.271 e. The van der Waals surface area contributed by atoms with Crippen molar-refractivity contribution in [2.45, 2.75) is 40.0 Å². The molecule has 1 aliphatic rings. The highest BCUT2D eigenvalue weighted by Gasteiger charge is 2.29. The van der Waals surface area contributed by atoms with E-state index in [0.717, 1.165) is 18.6 Å². The van der Waals surface area contributed by atoms with Crippen molar-refractivity contribution >= 4 is 11.6 Å². The highest BCUT2D eigenvalue weighted by Crippen LogP contribution is 2.36. The quantitative estimate of drug-likeness (QED) is 0.813. The zero-order valence-electron chi connectivity index (χ0n) is 12.3. The Balaban J connectivity index is 2.01. The second-order valence-corrected chi connectivity index (χ2v) is 6.52. The van der Waals surface area contributed by atoms with Gasteiger partial charge >= 0.3 is 0 Å². The summed E-state index contributed by atoms with van der Waals surface area (Å²) >= 11 is 0. The molecule has 1 saturated carbocycles. The lowest BCUT2D eigenvalue weighted by Gasteiger charge is -2.34. The molecule has 2 N–H and O–H groups in total. The summed E-state index contributed by atoms with van der Waals surface area (Å²) in [6.07, 6.45) is 3.06. The minimum Gasteiger partial charge on any atom is -0.508 e. The average molecular weight is 274 g/mol. The number of aromatic hydroxyl groups is 1. The van der Waals surface area contributed by atoms with Crippen LogP contribution in [0.4, 0.5) is 0 Å². The van der Waals surface area contributed by atoms with Gasteiger partial charge in [0, 0.05) is 11.3 Å². The van der Waals surface area contributed by atoms with Gasteiger partial charge in [-0.1, -0.05) is 20.8 Å². The first-order valence-electron chi connectivity index (χ1n) is 7.00. The van der Waals surface area contributed by atoms with E-state index >= 15 is 0 Å². The van der Waals surface area contributed by atoms with Crippen molar-refractivity contribution < 1.29 is 9.90 Å². The third-order valence-corrected chi connectivity index (χ3v) is 3.61. The Bertz CT molecular complexity index is 518. The maximum atomic E-state index is 11.9. The third-order valence-electron chi connectivity index (χ3n) is 3.61. The second-order valence-electron chi connectivity index (χ2n) is 6.52. The SMILES string of the molecule is C[C@@H]1C/C(=N/NC(=O)c2ccc(O)cc2)CC(C)(C)C1. The zero-order valence-corrected chi connectivity index (χ0v) is 12.3. The second kappa shape index (κ2) is 5.65. The number of benzene rings is 1. The third kappa shape index (κ3) is 3.83. The summed E-state index contributed by atoms with van der Waals surface area (Å²) < 4.78 is 0. The van der Waals surface area contributed by atoms with Crippen LogP contribution in [0.3, 0.4) is 0 Å². The fourth-order valence-corrected chi connectivity index (χ4v) is 3.01. The van der Waals surface area contributed by atoms with Gasteiger partial charge in [0.25, 0.3) is 5.91 Å². The van der Waals surface area contributed by atoms with Gasteiger partial charge in [-0.2, -0.15) is 5.10 Å². The number of carbonyl (C=O) groups is 1. The normalized spacial score (nSPS) is 23.6. The van der Waals surface area contributed by atoms with E-state index in [1.807, 2.05) is 0 Å². The lowest BCUT2D eigenvalue weighted by molar-refractivity contribution is 0.0954. The van der Waals surface area contributed by atoms with Gasteiger partial charge in [-0.3, -0.25) is 4.79 Å². The molecule has 0 bridgehead atoms. The van der Waals surface area contributed by atoms with Gasteiger partial charge in [0.1, 0.15) is 5.75 Å². The van der Waals surface area contributed by atoms with E-state index in [1.165, 1.54) is 18.6 Å². The molecule has 0 aromatic heterocycles. The molecule has 20 heavy (non-hydrogen) atoms. The fourth-order valence-electron chi connectivity index (χ4n) is 3.01. The molecule has 0 radical (unpaired) electrons. The molecule has 0 spiro atoms. The van der Waals surface area contributed by atoms with Crippen LogP contribution in [0.2, 0.25) is 0 Å². The number of amides is 1. The maximum absolute atomic E-state index is 11.9. The number of nitrogens with zero attached hydrogens (tertiary/aromatic N) is 1. The lowest BCUT2D eigenvalue weighted by Crippen LogP contribution is -2.30. The minimum absolute atomic E-state index is 0.149. The number of nitrogens with one attached hydrogen (secondary N) is 1. The first kappa shape index (κ1) is 14.6. The molecule has 108 valence electrons. The lowest BCUT2D eigenvalue weighted by atomic mass is 9.72. The van der Waals surface area contributed by atoms with Crippen molar-refractivity contribution in [1.29, 1.82) is 0 Å². The monoisotopic (exact) mass is 274 g/mol. The number of phenols is 1. The number of hydrogen-bond donors (Lipinski definition) is 2. The van der Waals surface area contributed by atoms with Gasteiger partial charge in [0.05, 0.1) is 0 Å². The molecule has 1 aromatic rings. The largest absolute Gasteiger partial charge is 0.508 e. The Morgan fingerprint density at radius 1 is 1.35 bits per heavy atom. The molecular weight excluding hydrogens is 252 g/mol. The van der Waals surface area contributed by atoms with E-state index in [4.69, 9.17) is 0 Å². The summed E-state index contributed by atoms with van der Waals surface area (Å²) in [5, 5.41) is 13.5. The van der Waals surface area contributed by atoms with E-state index in [-0.39, 0.29) is 17.1 Å². The molecule has 0 heterocycles. The average Bonchev–Trinajstić information content (AvgIpc) is 2.34. The van der Waals surface area contributed by atoms with Crippen LogP contribution >= 0.6 is 0 Å². The zero-order chi connectivity index (χ0) is 14.8. The number of carbonyl (C=O) groups excluding carboxylic acids is 1. The number of hydrazone groups is 1. The summed E-state index contributed by atoms with van der Waals surface area (Å²) in [6.45, 7) is 6.69. The number of phenolic OH excluding ortho intramolecular Hbond substituents is 1. The molecule has 0 aliphatic heterocycles. The molecule has 2 rings (SSSR count). The standard InChI is InChI=1S/C16H22N2O2/c1-11-8-13(10-16(2,3)9-11)17-18-15(20)12-4-6-14(19)7-5-12/h4-7,11,19H,8-10H2,1-3H3,(H,18,20)/b17-13-/t11-/m1/s1. The summed E-state index contributed by atoms with van der Waals surface area (Å²) in [5.74, 6) is 0.507. The summed E-state index contributed by atoms with van der Waals surface area (Å²) in [6, 6.07) is 6.15. The summed E-state index contributed by atoms with van der Waals surface area (Å²) in [4.78, 5) is 11.9. The topological polar surface area (TPSA) is 61.7 Å². The predicted octanol–water partition coefficient (Wildman–Crippen LogP) is 3.32. The van der Waals surface area contributed by atoms with Crippen molar-refractivity contribution in [3.05, 3.63) is 29.8 Å². The van der Waals surface area contributed by atoms with Gasteiger partial charge < -0.3 is 5.11 Å². The molecule has 1 aliphatic carbocycles. The Hall–Kier alpha value is -1.84. The van der Waals surface area contributed by atoms with E-state index in [0.29, 0.717) is 11.5 Å². The van der Waals surface area contributed by atoms with E-state index in [1.54, 1.807) is 12.1 Å². The number of hydrogen-bond acceptors (Lipinski definition) is 3. The maximum Gasteiger partial charge on any atom is 0.271 e. The van der Waals surface area contributed by atoms with Crippen LogP contribution in [-0.2, 0) is 0 Å². The Labute approximate surface area is 119 Å². The first-order chi connectivity index (χ1) is 9.35. The van der Waals surface area contributed by atoms with Crippen LogP contribution in [0.15, 0.2) is 29.4 Å². The van der Waals surface area contributed by atoms with Crippen LogP contribution in [0.25, 0.3) is 0 Å². The van der Waals surface area contributed by atoms with E-state index in [2.05, 4.69) is 31.3 Å². The molecule has 0 saturated heterocycles. The summed E-state index contributed by atoms with van der Waals surface area (Å²) in [5.41, 5.74) is 4.42. The van der Waals surface area contributed by atoms with Crippen molar-refractivity contribution in [3.63, 3.8) is 0 Å².